The van der Waals surface area contributed by atoms with Crippen LogP contribution in [0.15, 0.2) is 24.3 Å². The van der Waals surface area contributed by atoms with Gasteiger partial charge < -0.3 is 0 Å². The van der Waals surface area contributed by atoms with Crippen LogP contribution in [-0.2, 0) is 6.42 Å². The van der Waals surface area contributed by atoms with E-state index in [1.807, 2.05) is 0 Å². The quantitative estimate of drug-likeness (QED) is 0.675. The molecule has 0 aliphatic heterocycles. The van der Waals surface area contributed by atoms with E-state index in [4.69, 9.17) is 0 Å². The van der Waals surface area contributed by atoms with Gasteiger partial charge >= 0.3 is 0 Å². The smallest absolute Gasteiger partial charge is 0.00718 e. The zero-order chi connectivity index (χ0) is 8.10. The van der Waals surface area contributed by atoms with E-state index in [0.717, 1.165) is 11.8 Å². The highest BCUT2D eigenvalue weighted by Crippen LogP contribution is 2.08. The molecule has 1 aromatic carbocycles. The van der Waals surface area contributed by atoms with Gasteiger partial charge in [-0.15, -0.1) is 0 Å². The first-order valence-electron chi connectivity index (χ1n) is 3.81. The summed E-state index contributed by atoms with van der Waals surface area (Å²) in [7, 11) is 0. The lowest BCUT2D eigenvalue weighted by atomic mass is 10.1. The van der Waals surface area contributed by atoms with Crippen LogP contribution in [-0.4, -0.2) is 5.33 Å². The van der Waals surface area contributed by atoms with E-state index in [-0.39, 0.29) is 0 Å². The van der Waals surface area contributed by atoms with Gasteiger partial charge in [-0.3, -0.25) is 0 Å². The van der Waals surface area contributed by atoms with Crippen LogP contribution >= 0.6 is 15.9 Å². The first-order valence-corrected chi connectivity index (χ1v) is 4.93. The van der Waals surface area contributed by atoms with Crippen molar-refractivity contribution in [1.82, 2.24) is 0 Å². The summed E-state index contributed by atoms with van der Waals surface area (Å²) in [5.41, 5.74) is 2.71. The highest BCUT2D eigenvalue weighted by atomic mass is 79.9. The summed E-state index contributed by atoms with van der Waals surface area (Å²) >= 11 is 3.42. The maximum absolute atomic E-state index is 3.42. The van der Waals surface area contributed by atoms with Gasteiger partial charge in [0, 0.05) is 5.33 Å². The Morgan fingerprint density at radius 1 is 1.45 bits per heavy atom. The molecule has 59 valence electrons. The van der Waals surface area contributed by atoms with Crippen LogP contribution in [0.1, 0.15) is 18.1 Å². The second kappa shape index (κ2) is 4.55. The highest BCUT2D eigenvalue weighted by Gasteiger charge is 1.92. The van der Waals surface area contributed by atoms with E-state index in [9.17, 15) is 0 Å². The number of benzene rings is 1. The zero-order valence-electron chi connectivity index (χ0n) is 6.68. The van der Waals surface area contributed by atoms with Crippen LogP contribution in [0.3, 0.4) is 0 Å². The molecule has 0 aliphatic carbocycles. The Morgan fingerprint density at radius 3 is 2.91 bits per heavy atom. The van der Waals surface area contributed by atoms with Crippen molar-refractivity contribution in [3.05, 3.63) is 41.8 Å². The van der Waals surface area contributed by atoms with Gasteiger partial charge in [0.15, 0.2) is 0 Å². The van der Waals surface area contributed by atoms with Gasteiger partial charge in [0.05, 0.1) is 0 Å². The number of halogens is 1. The second-order valence-electron chi connectivity index (χ2n) is 2.47. The molecule has 0 unspecified atom stereocenters. The molecule has 1 aromatic rings. The summed E-state index contributed by atoms with van der Waals surface area (Å²) < 4.78 is 0. The molecule has 1 heteroatoms. The maximum Gasteiger partial charge on any atom is 0.00718 e. The van der Waals surface area contributed by atoms with E-state index >= 15 is 0 Å². The molecule has 0 fully saturated rings. The molecule has 0 nitrogen and oxygen atoms in total. The molecule has 0 saturated carbocycles. The number of hydrogen-bond acceptors (Lipinski definition) is 0. The van der Waals surface area contributed by atoms with Crippen molar-refractivity contribution in [3.8, 4) is 0 Å². The first-order chi connectivity index (χ1) is 5.36. The van der Waals surface area contributed by atoms with E-state index in [2.05, 4.69) is 53.5 Å². The summed E-state index contributed by atoms with van der Waals surface area (Å²) in [4.78, 5) is 0. The third kappa shape index (κ3) is 2.66. The standard InChI is InChI=1S/C10H12Br/c1-2-9-4-3-5-10(8-9)6-7-11/h2-5,8H,6-7H2,1H3. The summed E-state index contributed by atoms with van der Waals surface area (Å²) in [5.74, 6) is 0. The molecule has 0 aliphatic rings. The highest BCUT2D eigenvalue weighted by molar-refractivity contribution is 9.09. The molecule has 0 aromatic heterocycles. The van der Waals surface area contributed by atoms with Gasteiger partial charge in [0.1, 0.15) is 0 Å². The number of rotatable bonds is 3. The summed E-state index contributed by atoms with van der Waals surface area (Å²) in [6, 6.07) is 8.61. The first kappa shape index (κ1) is 8.79. The normalized spacial score (nSPS) is 10.0. The Bertz CT molecular complexity index is 218. The van der Waals surface area contributed by atoms with Crippen molar-refractivity contribution >= 4 is 15.9 Å². The zero-order valence-corrected chi connectivity index (χ0v) is 8.26. The summed E-state index contributed by atoms with van der Waals surface area (Å²) in [6.07, 6.45) is 3.24. The van der Waals surface area contributed by atoms with Crippen LogP contribution < -0.4 is 0 Å². The molecular formula is C10H12Br. The minimum Gasteiger partial charge on any atom is -0.0924 e. The lowest BCUT2D eigenvalue weighted by Gasteiger charge is -1.99. The predicted molar refractivity (Wildman–Crippen MR) is 53.0 cm³/mol. The van der Waals surface area contributed by atoms with E-state index in [1.165, 1.54) is 11.1 Å². The molecular weight excluding hydrogens is 200 g/mol. The van der Waals surface area contributed by atoms with Crippen LogP contribution in [0, 0.1) is 6.42 Å². The van der Waals surface area contributed by atoms with Gasteiger partial charge in [-0.2, -0.15) is 0 Å². The Hall–Kier alpha value is -0.300. The van der Waals surface area contributed by atoms with Crippen molar-refractivity contribution in [2.45, 2.75) is 13.3 Å². The van der Waals surface area contributed by atoms with Crippen molar-refractivity contribution < 1.29 is 0 Å². The van der Waals surface area contributed by atoms with Crippen molar-refractivity contribution in [2.75, 3.05) is 5.33 Å². The predicted octanol–water partition coefficient (Wildman–Crippen LogP) is 3.20. The molecule has 0 spiro atoms. The number of alkyl halides is 1. The van der Waals surface area contributed by atoms with Gasteiger partial charge in [0.2, 0.25) is 0 Å². The summed E-state index contributed by atoms with van der Waals surface area (Å²) in [5, 5.41) is 1.04. The topological polar surface area (TPSA) is 0 Å². The number of aryl methyl sites for hydroxylation is 1. The largest absolute Gasteiger partial charge is 0.0924 e. The molecule has 0 heterocycles. The molecule has 11 heavy (non-hydrogen) atoms. The van der Waals surface area contributed by atoms with Gasteiger partial charge in [-0.1, -0.05) is 47.1 Å². The Kier molecular flexibility index (Phi) is 3.64. The lowest BCUT2D eigenvalue weighted by Crippen LogP contribution is -1.86. The van der Waals surface area contributed by atoms with Gasteiger partial charge in [-0.05, 0) is 24.0 Å². The van der Waals surface area contributed by atoms with Crippen LogP contribution in [0.5, 0.6) is 0 Å². The van der Waals surface area contributed by atoms with E-state index in [0.29, 0.717) is 0 Å². The molecule has 1 radical (unpaired) electrons. The number of hydrogen-bond donors (Lipinski definition) is 0. The van der Waals surface area contributed by atoms with E-state index in [1.54, 1.807) is 0 Å². The fourth-order valence-electron chi connectivity index (χ4n) is 1.04. The minimum absolute atomic E-state index is 1.04. The molecule has 0 N–H and O–H groups in total. The van der Waals surface area contributed by atoms with E-state index < -0.39 is 0 Å². The third-order valence-corrected chi connectivity index (χ3v) is 2.06. The fraction of sp³-hybridized carbons (Fsp3) is 0.300. The Morgan fingerprint density at radius 2 is 2.27 bits per heavy atom. The van der Waals surface area contributed by atoms with Crippen LogP contribution in [0.2, 0.25) is 0 Å². The van der Waals surface area contributed by atoms with Crippen LogP contribution in [0.4, 0.5) is 0 Å². The SMILES string of the molecule is C[CH]c1cccc(CCBr)c1. The van der Waals surface area contributed by atoms with Gasteiger partial charge in [-0.25, -0.2) is 0 Å². The molecule has 1 rings (SSSR count). The minimum atomic E-state index is 1.04. The van der Waals surface area contributed by atoms with Crippen molar-refractivity contribution in [1.29, 1.82) is 0 Å². The van der Waals surface area contributed by atoms with Crippen LogP contribution in [0.25, 0.3) is 0 Å². The maximum atomic E-state index is 3.42. The molecule has 0 bridgehead atoms. The van der Waals surface area contributed by atoms with Crippen molar-refractivity contribution in [2.24, 2.45) is 0 Å². The average molecular weight is 212 g/mol. The second-order valence-corrected chi connectivity index (χ2v) is 3.27. The monoisotopic (exact) mass is 211 g/mol. The van der Waals surface area contributed by atoms with Crippen molar-refractivity contribution in [3.63, 3.8) is 0 Å². The van der Waals surface area contributed by atoms with Gasteiger partial charge in [0.25, 0.3) is 0 Å². The lowest BCUT2D eigenvalue weighted by molar-refractivity contribution is 1.16. The summed E-state index contributed by atoms with van der Waals surface area (Å²) in [6.45, 7) is 2.06. The Balaban J connectivity index is 2.74. The molecule has 0 saturated heterocycles. The third-order valence-electron chi connectivity index (χ3n) is 1.67. The molecule has 0 amide bonds. The fourth-order valence-corrected chi connectivity index (χ4v) is 1.50. The molecule has 0 atom stereocenters. The average Bonchev–Trinajstić information content (AvgIpc) is 2.06. The Labute approximate surface area is 76.8 Å².